The summed E-state index contributed by atoms with van der Waals surface area (Å²) in [5.41, 5.74) is 3.61. The maximum atomic E-state index is 10.5. The molecule has 2 nitrogen and oxygen atoms in total. The van der Waals surface area contributed by atoms with Crippen LogP contribution in [0.15, 0.2) is 16.6 Å². The number of hydrogen-bond acceptors (Lipinski definition) is 2. The molecule has 4 aliphatic carbocycles. The van der Waals surface area contributed by atoms with Gasteiger partial charge in [0.1, 0.15) is 0 Å². The highest BCUT2D eigenvalue weighted by molar-refractivity contribution is 5.96. The summed E-state index contributed by atoms with van der Waals surface area (Å²) in [4.78, 5) is 4.46. The van der Waals surface area contributed by atoms with E-state index in [0.717, 1.165) is 30.6 Å². The monoisotopic (exact) mass is 301 g/mol. The molecule has 4 unspecified atom stereocenters. The van der Waals surface area contributed by atoms with Gasteiger partial charge in [-0.15, -0.1) is 0 Å². The van der Waals surface area contributed by atoms with Gasteiger partial charge < -0.3 is 5.11 Å². The Balaban J connectivity index is 1.68. The van der Waals surface area contributed by atoms with Crippen LogP contribution in [0.4, 0.5) is 0 Å². The molecule has 0 heterocycles. The van der Waals surface area contributed by atoms with Crippen LogP contribution in [-0.4, -0.2) is 24.0 Å². The molecule has 4 aliphatic rings. The van der Waals surface area contributed by atoms with E-state index >= 15 is 0 Å². The fraction of sp³-hybridized carbons (Fsp3) is 0.850. The lowest BCUT2D eigenvalue weighted by Crippen LogP contribution is -2.51. The van der Waals surface area contributed by atoms with Crippen LogP contribution < -0.4 is 0 Å². The minimum atomic E-state index is -0.0478. The Kier molecular flexibility index (Phi) is 3.35. The van der Waals surface area contributed by atoms with Gasteiger partial charge >= 0.3 is 0 Å². The topological polar surface area (TPSA) is 32.6 Å². The first-order valence-corrected chi connectivity index (χ1v) is 9.34. The summed E-state index contributed by atoms with van der Waals surface area (Å²) in [5.74, 6) is 2.45. The van der Waals surface area contributed by atoms with E-state index < -0.39 is 0 Å². The van der Waals surface area contributed by atoms with E-state index in [1.165, 1.54) is 44.2 Å². The number of aliphatic hydroxyl groups is 1. The molecule has 1 N–H and O–H groups in total. The maximum absolute atomic E-state index is 10.5. The molecule has 0 aliphatic heterocycles. The lowest BCUT2D eigenvalue weighted by molar-refractivity contribution is -0.0721. The van der Waals surface area contributed by atoms with Gasteiger partial charge in [0, 0.05) is 12.8 Å². The lowest BCUT2D eigenvalue weighted by atomic mass is 9.47. The molecule has 0 aromatic carbocycles. The van der Waals surface area contributed by atoms with Gasteiger partial charge in [-0.1, -0.05) is 19.4 Å². The summed E-state index contributed by atoms with van der Waals surface area (Å²) in [6.07, 6.45) is 12.3. The fourth-order valence-electron chi connectivity index (χ4n) is 6.72. The Labute approximate surface area is 135 Å². The van der Waals surface area contributed by atoms with E-state index in [2.05, 4.69) is 24.9 Å². The zero-order valence-electron chi connectivity index (χ0n) is 14.4. The first-order valence-electron chi connectivity index (χ1n) is 9.34. The van der Waals surface area contributed by atoms with Crippen molar-refractivity contribution in [3.05, 3.63) is 11.6 Å². The second-order valence-electron chi connectivity index (χ2n) is 8.86. The van der Waals surface area contributed by atoms with E-state index in [0.29, 0.717) is 5.41 Å². The summed E-state index contributed by atoms with van der Waals surface area (Å²) in [6.45, 7) is 4.91. The van der Waals surface area contributed by atoms with Gasteiger partial charge in [0.2, 0.25) is 0 Å². The van der Waals surface area contributed by atoms with Crippen molar-refractivity contribution in [2.75, 3.05) is 7.05 Å². The smallest absolute Gasteiger partial charge is 0.0596 e. The number of rotatable bonds is 0. The molecular formula is C20H31NO. The van der Waals surface area contributed by atoms with Gasteiger partial charge in [0.15, 0.2) is 0 Å². The van der Waals surface area contributed by atoms with E-state index in [1.807, 2.05) is 7.05 Å². The average Bonchev–Trinajstić information content (AvgIpc) is 2.82. The third-order valence-electron chi connectivity index (χ3n) is 8.21. The number of allylic oxidation sites excluding steroid dienone is 2. The standard InChI is InChI=1S/C20H31NO/c1-19-10-8-14(21-3)12-13(19)4-5-15-16-6-7-18(22)20(16,2)11-9-17(15)19/h12,15-18,22H,4-11H2,1-3H3/t15?,16?,17?,18?,19-,20-/m0/s1. The predicted molar refractivity (Wildman–Crippen MR) is 91.1 cm³/mol. The number of nitrogens with zero attached hydrogens (tertiary/aromatic N) is 1. The highest BCUT2D eigenvalue weighted by atomic mass is 16.3. The molecule has 2 heteroatoms. The van der Waals surface area contributed by atoms with Gasteiger partial charge in [-0.25, -0.2) is 0 Å². The molecule has 0 aromatic rings. The Morgan fingerprint density at radius 3 is 2.64 bits per heavy atom. The Morgan fingerprint density at radius 1 is 1.05 bits per heavy atom. The molecule has 3 fully saturated rings. The van der Waals surface area contributed by atoms with Crippen LogP contribution in [0.2, 0.25) is 0 Å². The van der Waals surface area contributed by atoms with Crippen molar-refractivity contribution in [1.82, 2.24) is 0 Å². The third-order valence-corrected chi connectivity index (χ3v) is 8.21. The summed E-state index contributed by atoms with van der Waals surface area (Å²) in [5, 5.41) is 10.5. The Morgan fingerprint density at radius 2 is 1.86 bits per heavy atom. The number of fused-ring (bicyclic) bond motifs is 5. The van der Waals surface area contributed by atoms with Crippen LogP contribution in [0.1, 0.15) is 65.2 Å². The minimum absolute atomic E-state index is 0.0478. The van der Waals surface area contributed by atoms with Crippen molar-refractivity contribution in [3.8, 4) is 0 Å². The van der Waals surface area contributed by atoms with Crippen LogP contribution in [0, 0.1) is 28.6 Å². The van der Waals surface area contributed by atoms with Crippen molar-refractivity contribution < 1.29 is 5.11 Å². The van der Waals surface area contributed by atoms with Crippen molar-refractivity contribution in [2.24, 2.45) is 33.6 Å². The molecule has 0 saturated heterocycles. The molecule has 0 amide bonds. The second-order valence-corrected chi connectivity index (χ2v) is 8.86. The minimum Gasteiger partial charge on any atom is -0.393 e. The number of hydrogen-bond donors (Lipinski definition) is 1. The van der Waals surface area contributed by atoms with E-state index in [1.54, 1.807) is 5.57 Å². The Bertz CT molecular complexity index is 536. The molecule has 6 atom stereocenters. The summed E-state index contributed by atoms with van der Waals surface area (Å²) in [6, 6.07) is 0. The van der Waals surface area contributed by atoms with Crippen LogP contribution in [0.5, 0.6) is 0 Å². The highest BCUT2D eigenvalue weighted by Crippen LogP contribution is 2.65. The molecule has 0 bridgehead atoms. The van der Waals surface area contributed by atoms with E-state index in [-0.39, 0.29) is 11.5 Å². The van der Waals surface area contributed by atoms with Crippen LogP contribution in [-0.2, 0) is 0 Å². The zero-order chi connectivity index (χ0) is 15.5. The van der Waals surface area contributed by atoms with Crippen molar-refractivity contribution in [3.63, 3.8) is 0 Å². The van der Waals surface area contributed by atoms with Gasteiger partial charge in [0.05, 0.1) is 6.10 Å². The molecule has 122 valence electrons. The Hall–Kier alpha value is -0.630. The molecule has 0 radical (unpaired) electrons. The zero-order valence-corrected chi connectivity index (χ0v) is 14.4. The molecule has 0 aromatic heterocycles. The van der Waals surface area contributed by atoms with Crippen LogP contribution in [0.3, 0.4) is 0 Å². The van der Waals surface area contributed by atoms with Crippen LogP contribution >= 0.6 is 0 Å². The van der Waals surface area contributed by atoms with Gasteiger partial charge in [0.25, 0.3) is 0 Å². The van der Waals surface area contributed by atoms with Gasteiger partial charge in [-0.2, -0.15) is 0 Å². The van der Waals surface area contributed by atoms with Gasteiger partial charge in [-0.05, 0) is 86.0 Å². The maximum Gasteiger partial charge on any atom is 0.0596 e. The SMILES string of the molecule is CN=C1C=C2CCC3C4CCC(O)[C@@]4(C)CCC3[C@@]2(C)CC1. The summed E-state index contributed by atoms with van der Waals surface area (Å²) >= 11 is 0. The predicted octanol–water partition coefficient (Wildman–Crippen LogP) is 4.38. The largest absolute Gasteiger partial charge is 0.393 e. The van der Waals surface area contributed by atoms with Crippen molar-refractivity contribution in [1.29, 1.82) is 0 Å². The molecule has 3 saturated carbocycles. The average molecular weight is 301 g/mol. The quantitative estimate of drug-likeness (QED) is 0.707. The first-order chi connectivity index (χ1) is 10.5. The summed E-state index contributed by atoms with van der Waals surface area (Å²) in [7, 11) is 1.94. The van der Waals surface area contributed by atoms with Crippen molar-refractivity contribution in [2.45, 2.75) is 71.3 Å². The number of aliphatic hydroxyl groups excluding tert-OH is 1. The molecular weight excluding hydrogens is 270 g/mol. The normalized spacial score (nSPS) is 52.7. The van der Waals surface area contributed by atoms with Crippen molar-refractivity contribution >= 4 is 5.71 Å². The second kappa shape index (κ2) is 4.93. The van der Waals surface area contributed by atoms with Crippen LogP contribution in [0.25, 0.3) is 0 Å². The van der Waals surface area contributed by atoms with E-state index in [4.69, 9.17) is 0 Å². The highest BCUT2D eigenvalue weighted by Gasteiger charge is 2.58. The lowest BCUT2D eigenvalue weighted by Gasteiger charge is -2.57. The van der Waals surface area contributed by atoms with Gasteiger partial charge in [-0.3, -0.25) is 4.99 Å². The first kappa shape index (κ1) is 14.9. The molecule has 0 spiro atoms. The molecule has 22 heavy (non-hydrogen) atoms. The third kappa shape index (κ3) is 1.85. The van der Waals surface area contributed by atoms with E-state index in [9.17, 15) is 5.11 Å². The summed E-state index contributed by atoms with van der Waals surface area (Å²) < 4.78 is 0. The number of aliphatic imine (C=N–C) groups is 1. The molecule has 4 rings (SSSR count). The fourth-order valence-corrected chi connectivity index (χ4v) is 6.72.